The second kappa shape index (κ2) is 9.11. The number of rotatable bonds is 8. The van der Waals surface area contributed by atoms with E-state index >= 15 is 0 Å². The molecule has 0 bridgehead atoms. The molecule has 0 spiro atoms. The first kappa shape index (κ1) is 21.6. The lowest BCUT2D eigenvalue weighted by atomic mass is 9.98. The Hall–Kier alpha value is -3.15. The van der Waals surface area contributed by atoms with Crippen LogP contribution in [0.1, 0.15) is 53.5 Å². The van der Waals surface area contributed by atoms with Crippen LogP contribution in [0.25, 0.3) is 5.57 Å². The number of nitrogens with zero attached hydrogens (tertiary/aromatic N) is 1. The predicted octanol–water partition coefficient (Wildman–Crippen LogP) is 5.55. The first-order valence-corrected chi connectivity index (χ1v) is 10.2. The van der Waals surface area contributed by atoms with Crippen LogP contribution in [0.4, 0.5) is 5.69 Å². The molecule has 0 saturated carbocycles. The van der Waals surface area contributed by atoms with E-state index in [4.69, 9.17) is 9.84 Å². The van der Waals surface area contributed by atoms with Crippen molar-refractivity contribution in [2.24, 2.45) is 0 Å². The van der Waals surface area contributed by atoms with E-state index in [9.17, 15) is 14.9 Å². The van der Waals surface area contributed by atoms with E-state index in [2.05, 4.69) is 0 Å². The number of allylic oxidation sites excluding steroid dienone is 1. The molecule has 30 heavy (non-hydrogen) atoms. The van der Waals surface area contributed by atoms with Gasteiger partial charge in [-0.05, 0) is 85.9 Å². The SMILES string of the molecule is Cc1ccc(C2=C(COc3ccc(CCC(=O)O)c(C)c3C)CCC2)cc1[N+](=O)[O-]. The van der Waals surface area contributed by atoms with Crippen LogP contribution < -0.4 is 4.74 Å². The van der Waals surface area contributed by atoms with Gasteiger partial charge in [0.1, 0.15) is 12.4 Å². The Morgan fingerprint density at radius 3 is 2.60 bits per heavy atom. The molecule has 2 aromatic carbocycles. The van der Waals surface area contributed by atoms with Gasteiger partial charge in [-0.1, -0.05) is 18.2 Å². The third-order valence-electron chi connectivity index (χ3n) is 5.95. The van der Waals surface area contributed by atoms with Crippen LogP contribution in [-0.2, 0) is 11.2 Å². The number of hydrogen-bond donors (Lipinski definition) is 1. The molecule has 0 radical (unpaired) electrons. The molecule has 1 aliphatic rings. The summed E-state index contributed by atoms with van der Waals surface area (Å²) < 4.78 is 6.13. The maximum absolute atomic E-state index is 11.3. The highest BCUT2D eigenvalue weighted by Crippen LogP contribution is 2.36. The van der Waals surface area contributed by atoms with Crippen molar-refractivity contribution in [2.75, 3.05) is 6.61 Å². The molecule has 3 rings (SSSR count). The van der Waals surface area contributed by atoms with Gasteiger partial charge in [-0.2, -0.15) is 0 Å². The van der Waals surface area contributed by atoms with Crippen LogP contribution in [-0.4, -0.2) is 22.6 Å². The molecular weight excluding hydrogens is 382 g/mol. The number of carbonyl (C=O) groups is 1. The molecule has 0 aliphatic heterocycles. The molecule has 0 atom stereocenters. The molecule has 2 aromatic rings. The summed E-state index contributed by atoms with van der Waals surface area (Å²) in [4.78, 5) is 21.8. The number of carboxylic acids is 1. The third-order valence-corrected chi connectivity index (χ3v) is 5.95. The monoisotopic (exact) mass is 409 g/mol. The van der Waals surface area contributed by atoms with Crippen molar-refractivity contribution < 1.29 is 19.6 Å². The second-order valence-electron chi connectivity index (χ2n) is 7.85. The summed E-state index contributed by atoms with van der Waals surface area (Å²) in [6, 6.07) is 9.28. The highest BCUT2D eigenvalue weighted by Gasteiger charge is 2.20. The first-order valence-electron chi connectivity index (χ1n) is 10.2. The Labute approximate surface area is 176 Å². The quantitative estimate of drug-likeness (QED) is 0.456. The number of aliphatic carboxylic acids is 1. The largest absolute Gasteiger partial charge is 0.489 e. The van der Waals surface area contributed by atoms with Crippen molar-refractivity contribution in [1.29, 1.82) is 0 Å². The van der Waals surface area contributed by atoms with Gasteiger partial charge in [0.2, 0.25) is 0 Å². The van der Waals surface area contributed by atoms with E-state index in [-0.39, 0.29) is 17.0 Å². The normalized spacial score (nSPS) is 13.6. The number of ether oxygens (including phenoxy) is 1. The fraction of sp³-hybridized carbons (Fsp3) is 0.375. The summed E-state index contributed by atoms with van der Waals surface area (Å²) in [6.45, 7) is 6.18. The topological polar surface area (TPSA) is 89.7 Å². The summed E-state index contributed by atoms with van der Waals surface area (Å²) in [5, 5.41) is 20.2. The minimum absolute atomic E-state index is 0.111. The van der Waals surface area contributed by atoms with E-state index in [1.807, 2.05) is 32.0 Å². The first-order chi connectivity index (χ1) is 14.3. The lowest BCUT2D eigenvalue weighted by Gasteiger charge is -2.16. The Bertz CT molecular complexity index is 1020. The molecule has 158 valence electrons. The maximum atomic E-state index is 11.3. The lowest BCUT2D eigenvalue weighted by Crippen LogP contribution is -2.05. The summed E-state index contributed by atoms with van der Waals surface area (Å²) in [5.74, 6) is -0.00960. The van der Waals surface area contributed by atoms with Gasteiger partial charge in [-0.25, -0.2) is 0 Å². The van der Waals surface area contributed by atoms with E-state index in [1.54, 1.807) is 19.1 Å². The second-order valence-corrected chi connectivity index (χ2v) is 7.85. The minimum atomic E-state index is -0.801. The smallest absolute Gasteiger partial charge is 0.303 e. The van der Waals surface area contributed by atoms with Crippen molar-refractivity contribution in [3.8, 4) is 5.75 Å². The summed E-state index contributed by atoms with van der Waals surface area (Å²) in [7, 11) is 0. The van der Waals surface area contributed by atoms with Crippen LogP contribution in [0, 0.1) is 30.9 Å². The van der Waals surface area contributed by atoms with Crippen LogP contribution >= 0.6 is 0 Å². The van der Waals surface area contributed by atoms with Crippen molar-refractivity contribution in [3.05, 3.63) is 73.8 Å². The van der Waals surface area contributed by atoms with Gasteiger partial charge in [-0.3, -0.25) is 14.9 Å². The molecule has 6 nitrogen and oxygen atoms in total. The van der Waals surface area contributed by atoms with Crippen LogP contribution in [0.3, 0.4) is 0 Å². The molecule has 1 aliphatic carbocycles. The average molecular weight is 409 g/mol. The average Bonchev–Trinajstić information content (AvgIpc) is 3.17. The Morgan fingerprint density at radius 1 is 1.13 bits per heavy atom. The van der Waals surface area contributed by atoms with E-state index in [0.29, 0.717) is 18.6 Å². The molecule has 0 heterocycles. The zero-order valence-corrected chi connectivity index (χ0v) is 17.7. The van der Waals surface area contributed by atoms with E-state index in [1.165, 1.54) is 5.57 Å². The van der Waals surface area contributed by atoms with Gasteiger partial charge in [0.25, 0.3) is 5.69 Å². The number of nitro groups is 1. The Balaban J connectivity index is 1.79. The van der Waals surface area contributed by atoms with Gasteiger partial charge in [0.05, 0.1) is 4.92 Å². The maximum Gasteiger partial charge on any atom is 0.303 e. The highest BCUT2D eigenvalue weighted by atomic mass is 16.6. The fourth-order valence-electron chi connectivity index (χ4n) is 3.99. The van der Waals surface area contributed by atoms with Gasteiger partial charge >= 0.3 is 5.97 Å². The van der Waals surface area contributed by atoms with Crippen LogP contribution in [0.2, 0.25) is 0 Å². The molecule has 0 aromatic heterocycles. The molecule has 1 N–H and O–H groups in total. The third kappa shape index (κ3) is 4.70. The van der Waals surface area contributed by atoms with E-state index in [0.717, 1.165) is 52.8 Å². The molecule has 0 amide bonds. The van der Waals surface area contributed by atoms with Gasteiger partial charge in [0, 0.05) is 18.1 Å². The van der Waals surface area contributed by atoms with Crippen molar-refractivity contribution in [3.63, 3.8) is 0 Å². The molecule has 0 saturated heterocycles. The molecule has 0 unspecified atom stereocenters. The molecular formula is C24H27NO5. The van der Waals surface area contributed by atoms with Gasteiger partial charge in [0.15, 0.2) is 0 Å². The van der Waals surface area contributed by atoms with Crippen LogP contribution in [0.15, 0.2) is 35.9 Å². The Morgan fingerprint density at radius 2 is 1.90 bits per heavy atom. The molecule has 6 heteroatoms. The number of aryl methyl sites for hydroxylation is 2. The minimum Gasteiger partial charge on any atom is -0.489 e. The lowest BCUT2D eigenvalue weighted by molar-refractivity contribution is -0.385. The number of carboxylic acid groups (broad SMARTS) is 1. The summed E-state index contributed by atoms with van der Waals surface area (Å²) in [5.41, 5.74) is 7.14. The standard InChI is InChI=1S/C24H27NO5/c1-15-7-8-19(13-22(15)25(28)29)21-6-4-5-20(21)14-30-23-11-9-18(10-12-24(26)27)16(2)17(23)3/h7-9,11,13H,4-6,10,12,14H2,1-3H3,(H,26,27). The number of hydrogen-bond acceptors (Lipinski definition) is 4. The van der Waals surface area contributed by atoms with Crippen LogP contribution in [0.5, 0.6) is 5.75 Å². The zero-order chi connectivity index (χ0) is 21.8. The molecule has 0 fully saturated rings. The highest BCUT2D eigenvalue weighted by molar-refractivity contribution is 5.73. The predicted molar refractivity (Wildman–Crippen MR) is 116 cm³/mol. The summed E-state index contributed by atoms with van der Waals surface area (Å²) in [6.07, 6.45) is 3.45. The Kier molecular flexibility index (Phi) is 6.55. The van der Waals surface area contributed by atoms with Crippen molar-refractivity contribution in [1.82, 2.24) is 0 Å². The van der Waals surface area contributed by atoms with E-state index < -0.39 is 5.97 Å². The summed E-state index contributed by atoms with van der Waals surface area (Å²) >= 11 is 0. The number of benzene rings is 2. The van der Waals surface area contributed by atoms with Crippen molar-refractivity contribution >= 4 is 17.2 Å². The van der Waals surface area contributed by atoms with Gasteiger partial charge in [-0.15, -0.1) is 0 Å². The fourth-order valence-corrected chi connectivity index (χ4v) is 3.99. The number of nitro benzene ring substituents is 1. The van der Waals surface area contributed by atoms with Gasteiger partial charge < -0.3 is 9.84 Å². The van der Waals surface area contributed by atoms with Crippen molar-refractivity contribution in [2.45, 2.75) is 52.9 Å². The zero-order valence-electron chi connectivity index (χ0n) is 17.7.